The van der Waals surface area contributed by atoms with Gasteiger partial charge in [0.2, 0.25) is 0 Å². The van der Waals surface area contributed by atoms with Crippen LogP contribution in [0.15, 0.2) is 18.3 Å². The number of aromatic nitrogens is 1. The molecule has 1 aliphatic heterocycles. The Balaban J connectivity index is 1.96. The maximum absolute atomic E-state index is 12.3. The lowest BCUT2D eigenvalue weighted by atomic mass is 10.1. The molecule has 1 atom stereocenters. The summed E-state index contributed by atoms with van der Waals surface area (Å²) in [5, 5.41) is 12.0. The number of carbonyl (C=O) groups excluding carboxylic acids is 1. The Kier molecular flexibility index (Phi) is 4.74. The fraction of sp³-hybridized carbons (Fsp3) is 0.571. The lowest BCUT2D eigenvalue weighted by Crippen LogP contribution is -2.28. The number of aliphatic hydroxyl groups is 1. The molecule has 104 valence electrons. The van der Waals surface area contributed by atoms with E-state index in [-0.39, 0.29) is 12.5 Å². The largest absolute Gasteiger partial charge is 0.396 e. The Hall–Kier alpha value is -1.62. The third-order valence-electron chi connectivity index (χ3n) is 3.48. The summed E-state index contributed by atoms with van der Waals surface area (Å²) in [5.74, 6) is 1.26. The molecule has 0 saturated carbocycles. The molecule has 1 fully saturated rings. The summed E-state index contributed by atoms with van der Waals surface area (Å²) in [6.07, 6.45) is 3.39. The fourth-order valence-electron chi connectivity index (χ4n) is 2.42. The Labute approximate surface area is 113 Å². The zero-order valence-electron chi connectivity index (χ0n) is 11.3. The number of rotatable bonds is 5. The highest BCUT2D eigenvalue weighted by Gasteiger charge is 2.26. The topological polar surface area (TPSA) is 65.5 Å². The molecule has 2 heterocycles. The highest BCUT2D eigenvalue weighted by Crippen LogP contribution is 2.21. The zero-order valence-corrected chi connectivity index (χ0v) is 11.3. The highest BCUT2D eigenvalue weighted by atomic mass is 16.3. The summed E-state index contributed by atoms with van der Waals surface area (Å²) in [4.78, 5) is 18.3. The van der Waals surface area contributed by atoms with Crippen molar-refractivity contribution in [2.24, 2.45) is 5.92 Å². The minimum Gasteiger partial charge on any atom is -0.396 e. The summed E-state index contributed by atoms with van der Waals surface area (Å²) in [5.41, 5.74) is 0.631. The molecular weight excluding hydrogens is 242 g/mol. The Morgan fingerprint density at radius 2 is 2.42 bits per heavy atom. The molecule has 0 aliphatic carbocycles. The summed E-state index contributed by atoms with van der Waals surface area (Å²) < 4.78 is 0. The number of hydrogen-bond acceptors (Lipinski definition) is 4. The molecule has 5 heteroatoms. The molecule has 0 bridgehead atoms. The lowest BCUT2D eigenvalue weighted by Gasteiger charge is -2.16. The smallest absolute Gasteiger partial charge is 0.255 e. The van der Waals surface area contributed by atoms with E-state index in [2.05, 4.69) is 10.3 Å². The van der Waals surface area contributed by atoms with Crippen molar-refractivity contribution in [3.05, 3.63) is 23.9 Å². The molecule has 1 aromatic rings. The number of carbonyl (C=O) groups is 1. The van der Waals surface area contributed by atoms with Crippen molar-refractivity contribution in [3.8, 4) is 0 Å². The summed E-state index contributed by atoms with van der Waals surface area (Å²) in [6, 6.07) is 3.64. The molecule has 1 aromatic heterocycles. The van der Waals surface area contributed by atoms with Crippen LogP contribution in [-0.4, -0.2) is 47.1 Å². The maximum atomic E-state index is 12.3. The van der Waals surface area contributed by atoms with Gasteiger partial charge in [-0.25, -0.2) is 4.98 Å². The van der Waals surface area contributed by atoms with Gasteiger partial charge in [0.15, 0.2) is 0 Å². The van der Waals surface area contributed by atoms with Crippen molar-refractivity contribution < 1.29 is 9.90 Å². The second kappa shape index (κ2) is 6.52. The van der Waals surface area contributed by atoms with Crippen molar-refractivity contribution in [1.29, 1.82) is 0 Å². The number of anilines is 1. The van der Waals surface area contributed by atoms with Crippen molar-refractivity contribution in [2.75, 3.05) is 31.6 Å². The van der Waals surface area contributed by atoms with Gasteiger partial charge in [-0.05, 0) is 37.8 Å². The van der Waals surface area contributed by atoms with Gasteiger partial charge in [-0.3, -0.25) is 4.79 Å². The fourth-order valence-corrected chi connectivity index (χ4v) is 2.42. The zero-order chi connectivity index (χ0) is 13.7. The van der Waals surface area contributed by atoms with Crippen molar-refractivity contribution in [1.82, 2.24) is 9.88 Å². The number of amides is 1. The normalized spacial score (nSPS) is 18.6. The third kappa shape index (κ3) is 3.44. The van der Waals surface area contributed by atoms with E-state index in [1.54, 1.807) is 6.20 Å². The van der Waals surface area contributed by atoms with Crippen LogP contribution in [-0.2, 0) is 0 Å². The molecule has 0 radical (unpaired) electrons. The standard InChI is InChI=1S/C14H21N3O2/c1-2-15-13-4-3-12(9-16-13)14(19)17-7-5-11(10-17)6-8-18/h3-4,9,11,18H,2,5-8,10H2,1H3,(H,15,16). The van der Waals surface area contributed by atoms with E-state index in [9.17, 15) is 4.79 Å². The first-order valence-corrected chi connectivity index (χ1v) is 6.84. The summed E-state index contributed by atoms with van der Waals surface area (Å²) in [7, 11) is 0. The minimum absolute atomic E-state index is 0.0380. The molecule has 2 N–H and O–H groups in total. The van der Waals surface area contributed by atoms with Crippen LogP contribution in [0.25, 0.3) is 0 Å². The Morgan fingerprint density at radius 3 is 3.05 bits per heavy atom. The van der Waals surface area contributed by atoms with E-state index in [1.165, 1.54) is 0 Å². The van der Waals surface area contributed by atoms with Crippen LogP contribution in [0.4, 0.5) is 5.82 Å². The first-order valence-electron chi connectivity index (χ1n) is 6.84. The Bertz CT molecular complexity index is 419. The predicted octanol–water partition coefficient (Wildman–Crippen LogP) is 1.36. The van der Waals surface area contributed by atoms with Crippen molar-refractivity contribution in [3.63, 3.8) is 0 Å². The third-order valence-corrected chi connectivity index (χ3v) is 3.48. The highest BCUT2D eigenvalue weighted by molar-refractivity contribution is 5.94. The number of nitrogens with zero attached hydrogens (tertiary/aromatic N) is 2. The number of pyridine rings is 1. The van der Waals surface area contributed by atoms with Crippen LogP contribution >= 0.6 is 0 Å². The van der Waals surface area contributed by atoms with E-state index in [1.807, 2.05) is 24.0 Å². The molecule has 1 amide bonds. The molecule has 0 spiro atoms. The number of likely N-dealkylation sites (tertiary alicyclic amines) is 1. The first kappa shape index (κ1) is 13.8. The molecule has 1 aliphatic rings. The van der Waals surface area contributed by atoms with Crippen LogP contribution in [0.2, 0.25) is 0 Å². The second-order valence-corrected chi connectivity index (χ2v) is 4.88. The monoisotopic (exact) mass is 263 g/mol. The molecule has 1 unspecified atom stereocenters. The molecule has 2 rings (SSSR count). The summed E-state index contributed by atoms with van der Waals surface area (Å²) >= 11 is 0. The van der Waals surface area contributed by atoms with E-state index < -0.39 is 0 Å². The summed E-state index contributed by atoms with van der Waals surface area (Å²) in [6.45, 7) is 4.54. The van der Waals surface area contributed by atoms with Crippen LogP contribution in [0, 0.1) is 5.92 Å². The van der Waals surface area contributed by atoms with Crippen molar-refractivity contribution in [2.45, 2.75) is 19.8 Å². The van der Waals surface area contributed by atoms with Crippen LogP contribution < -0.4 is 5.32 Å². The van der Waals surface area contributed by atoms with Gasteiger partial charge in [-0.2, -0.15) is 0 Å². The molecule has 5 nitrogen and oxygen atoms in total. The number of hydrogen-bond donors (Lipinski definition) is 2. The van der Waals surface area contributed by atoms with Gasteiger partial charge in [-0.15, -0.1) is 0 Å². The predicted molar refractivity (Wildman–Crippen MR) is 74.1 cm³/mol. The van der Waals surface area contributed by atoms with Gasteiger partial charge in [0.25, 0.3) is 5.91 Å². The lowest BCUT2D eigenvalue weighted by molar-refractivity contribution is 0.0784. The SMILES string of the molecule is CCNc1ccc(C(=O)N2CCC(CCO)C2)cn1. The van der Waals surface area contributed by atoms with E-state index in [0.29, 0.717) is 11.5 Å². The average Bonchev–Trinajstić information content (AvgIpc) is 2.88. The van der Waals surface area contributed by atoms with Crippen LogP contribution in [0.1, 0.15) is 30.1 Å². The van der Waals surface area contributed by atoms with Gasteiger partial charge >= 0.3 is 0 Å². The van der Waals surface area contributed by atoms with Crippen LogP contribution in [0.3, 0.4) is 0 Å². The minimum atomic E-state index is 0.0380. The van der Waals surface area contributed by atoms with Gasteiger partial charge < -0.3 is 15.3 Å². The van der Waals surface area contributed by atoms with E-state index >= 15 is 0 Å². The quantitative estimate of drug-likeness (QED) is 0.842. The average molecular weight is 263 g/mol. The molecule has 0 aromatic carbocycles. The number of nitrogens with one attached hydrogen (secondary N) is 1. The van der Waals surface area contributed by atoms with Crippen molar-refractivity contribution >= 4 is 11.7 Å². The first-order chi connectivity index (χ1) is 9.24. The Morgan fingerprint density at radius 1 is 1.58 bits per heavy atom. The molecule has 19 heavy (non-hydrogen) atoms. The maximum Gasteiger partial charge on any atom is 0.255 e. The van der Waals surface area contributed by atoms with E-state index in [0.717, 1.165) is 38.3 Å². The van der Waals surface area contributed by atoms with Gasteiger partial charge in [0.1, 0.15) is 5.82 Å². The number of aliphatic hydroxyl groups excluding tert-OH is 1. The molecule has 1 saturated heterocycles. The van der Waals surface area contributed by atoms with Crippen LogP contribution in [0.5, 0.6) is 0 Å². The van der Waals surface area contributed by atoms with E-state index in [4.69, 9.17) is 5.11 Å². The second-order valence-electron chi connectivity index (χ2n) is 4.88. The van der Waals surface area contributed by atoms with Gasteiger partial charge in [-0.1, -0.05) is 0 Å². The van der Waals surface area contributed by atoms with Gasteiger partial charge in [0.05, 0.1) is 5.56 Å². The molecular formula is C14H21N3O2. The van der Waals surface area contributed by atoms with Gasteiger partial charge in [0, 0.05) is 32.4 Å².